The van der Waals surface area contributed by atoms with Gasteiger partial charge >= 0.3 is 0 Å². The first-order valence-corrected chi connectivity index (χ1v) is 19.1. The maximum atomic E-state index is 6.64. The number of fused-ring (bicyclic) bond motifs is 4. The highest BCUT2D eigenvalue weighted by atomic mass is 16.3. The van der Waals surface area contributed by atoms with Crippen LogP contribution >= 0.6 is 0 Å². The molecule has 13 rings (SSSR count). The summed E-state index contributed by atoms with van der Waals surface area (Å²) in [4.78, 5) is 15.3. The second-order valence-corrected chi connectivity index (χ2v) is 14.8. The topological polar surface area (TPSA) is 69.9 Å². The smallest absolute Gasteiger partial charge is 0.164 e. The molecule has 4 aromatic heterocycles. The molecule has 4 heterocycles. The number of nitrogens with zero attached hydrogens (tertiary/aromatic N) is 4. The molecule has 0 aliphatic carbocycles. The lowest BCUT2D eigenvalue weighted by atomic mass is 10.00. The first-order chi connectivity index (χ1) is 28.2. The molecule has 6 nitrogen and oxygen atoms in total. The van der Waals surface area contributed by atoms with Crippen LogP contribution in [0.3, 0.4) is 0 Å². The van der Waals surface area contributed by atoms with E-state index in [0.29, 0.717) is 17.5 Å². The molecule has 0 N–H and O–H groups in total. The Labute approximate surface area is 324 Å². The van der Waals surface area contributed by atoms with Gasteiger partial charge < -0.3 is 13.4 Å². The van der Waals surface area contributed by atoms with Gasteiger partial charge in [0, 0.05) is 54.7 Å². The highest BCUT2D eigenvalue weighted by molar-refractivity contribution is 6.33. The molecular formula is C51H28N4O2. The molecule has 13 aromatic rings. The molecule has 0 saturated carbocycles. The molecule has 0 aliphatic heterocycles. The van der Waals surface area contributed by atoms with Gasteiger partial charge in [0.1, 0.15) is 22.3 Å². The predicted molar refractivity (Wildman–Crippen MR) is 231 cm³/mol. The number of furan rings is 1. The van der Waals surface area contributed by atoms with E-state index in [1.165, 1.54) is 21.5 Å². The average molecular weight is 729 g/mol. The van der Waals surface area contributed by atoms with Crippen LogP contribution in [-0.2, 0) is 0 Å². The number of benzene rings is 9. The van der Waals surface area contributed by atoms with E-state index in [2.05, 4.69) is 114 Å². The number of rotatable bonds is 4. The summed E-state index contributed by atoms with van der Waals surface area (Å²) in [5, 5.41) is 11.3. The summed E-state index contributed by atoms with van der Waals surface area (Å²) >= 11 is 0. The fourth-order valence-corrected chi connectivity index (χ4v) is 9.06. The van der Waals surface area contributed by atoms with Crippen molar-refractivity contribution in [1.29, 1.82) is 0 Å². The van der Waals surface area contributed by atoms with E-state index in [9.17, 15) is 0 Å². The Kier molecular flexibility index (Phi) is 6.07. The molecule has 0 spiro atoms. The van der Waals surface area contributed by atoms with E-state index in [1.807, 2.05) is 60.7 Å². The SMILES string of the molecule is c1ccc(-c2nc(-c3ccc4cc(-n5c6ccc7cccc8oc9cccc%10ccc5c(c%109)c6c78)ccc4c3)nc(-c3cccc4oc5ccccc5c34)n2)cc1. The van der Waals surface area contributed by atoms with Gasteiger partial charge in [-0.05, 0) is 76.1 Å². The van der Waals surface area contributed by atoms with E-state index in [4.69, 9.17) is 23.8 Å². The number of hydrogen-bond donors (Lipinski definition) is 0. The summed E-state index contributed by atoms with van der Waals surface area (Å²) in [6.45, 7) is 0. The normalized spacial score (nSPS) is 12.2. The van der Waals surface area contributed by atoms with Crippen LogP contribution in [0.15, 0.2) is 179 Å². The predicted octanol–water partition coefficient (Wildman–Crippen LogP) is 13.5. The molecule has 0 unspecified atom stereocenters. The van der Waals surface area contributed by atoms with Gasteiger partial charge in [0.05, 0.1) is 11.0 Å². The molecule has 57 heavy (non-hydrogen) atoms. The van der Waals surface area contributed by atoms with Gasteiger partial charge in [-0.2, -0.15) is 0 Å². The molecule has 0 atom stereocenters. The molecular weight excluding hydrogens is 701 g/mol. The number of para-hydroxylation sites is 1. The van der Waals surface area contributed by atoms with E-state index in [0.717, 1.165) is 88.1 Å². The summed E-state index contributed by atoms with van der Waals surface area (Å²) < 4.78 is 15.3. The van der Waals surface area contributed by atoms with Crippen LogP contribution in [0, 0.1) is 0 Å². The van der Waals surface area contributed by atoms with Crippen LogP contribution in [0.25, 0.3) is 127 Å². The second kappa shape index (κ2) is 11.4. The van der Waals surface area contributed by atoms with Crippen LogP contribution in [-0.4, -0.2) is 19.5 Å². The first-order valence-electron chi connectivity index (χ1n) is 19.1. The molecule has 0 aliphatic rings. The van der Waals surface area contributed by atoms with Crippen LogP contribution in [0.5, 0.6) is 0 Å². The highest BCUT2D eigenvalue weighted by Crippen LogP contribution is 2.45. The number of aromatic nitrogens is 4. The second-order valence-electron chi connectivity index (χ2n) is 14.8. The zero-order valence-corrected chi connectivity index (χ0v) is 30.3. The minimum atomic E-state index is 0.600. The van der Waals surface area contributed by atoms with E-state index in [-0.39, 0.29) is 0 Å². The van der Waals surface area contributed by atoms with Crippen molar-refractivity contribution in [3.05, 3.63) is 170 Å². The third kappa shape index (κ3) is 4.38. The molecule has 0 saturated heterocycles. The first kappa shape index (κ1) is 30.5. The minimum Gasteiger partial charge on any atom is -0.456 e. The fraction of sp³-hybridized carbons (Fsp3) is 0. The third-order valence-corrected chi connectivity index (χ3v) is 11.6. The van der Waals surface area contributed by atoms with Gasteiger partial charge in [-0.3, -0.25) is 0 Å². The lowest BCUT2D eigenvalue weighted by Crippen LogP contribution is -2.00. The lowest BCUT2D eigenvalue weighted by Gasteiger charge is -2.12. The molecule has 0 bridgehead atoms. The lowest BCUT2D eigenvalue weighted by molar-refractivity contribution is 0.664. The maximum Gasteiger partial charge on any atom is 0.164 e. The van der Waals surface area contributed by atoms with Crippen LogP contribution < -0.4 is 0 Å². The van der Waals surface area contributed by atoms with Crippen molar-refractivity contribution in [3.63, 3.8) is 0 Å². The van der Waals surface area contributed by atoms with Gasteiger partial charge in [0.25, 0.3) is 0 Å². The summed E-state index contributed by atoms with van der Waals surface area (Å²) in [5.41, 5.74) is 9.56. The van der Waals surface area contributed by atoms with Gasteiger partial charge in [0.2, 0.25) is 0 Å². The number of hydrogen-bond acceptors (Lipinski definition) is 5. The van der Waals surface area contributed by atoms with Crippen molar-refractivity contribution < 1.29 is 8.83 Å². The molecule has 6 heteroatoms. The highest BCUT2D eigenvalue weighted by Gasteiger charge is 2.22. The maximum absolute atomic E-state index is 6.64. The van der Waals surface area contributed by atoms with Crippen molar-refractivity contribution in [2.24, 2.45) is 0 Å². The van der Waals surface area contributed by atoms with Crippen molar-refractivity contribution >= 4 is 87.2 Å². The quantitative estimate of drug-likeness (QED) is 0.180. The molecule has 9 aromatic carbocycles. The Balaban J connectivity index is 0.999. The Morgan fingerprint density at radius 1 is 0.351 bits per heavy atom. The van der Waals surface area contributed by atoms with Gasteiger partial charge in [-0.1, -0.05) is 115 Å². The zero-order valence-electron chi connectivity index (χ0n) is 30.3. The summed E-state index contributed by atoms with van der Waals surface area (Å²) in [7, 11) is 0. The van der Waals surface area contributed by atoms with Crippen LogP contribution in [0.4, 0.5) is 0 Å². The Morgan fingerprint density at radius 2 is 0.912 bits per heavy atom. The molecule has 0 fully saturated rings. The minimum absolute atomic E-state index is 0.600. The van der Waals surface area contributed by atoms with Crippen molar-refractivity contribution in [1.82, 2.24) is 19.5 Å². The third-order valence-electron chi connectivity index (χ3n) is 11.6. The van der Waals surface area contributed by atoms with Gasteiger partial charge in [0.15, 0.2) is 17.5 Å². The van der Waals surface area contributed by atoms with E-state index in [1.54, 1.807) is 0 Å². The van der Waals surface area contributed by atoms with E-state index >= 15 is 0 Å². The van der Waals surface area contributed by atoms with Crippen LogP contribution in [0.1, 0.15) is 0 Å². The Hall–Kier alpha value is -7.83. The largest absolute Gasteiger partial charge is 0.456 e. The monoisotopic (exact) mass is 728 g/mol. The molecule has 264 valence electrons. The van der Waals surface area contributed by atoms with Crippen molar-refractivity contribution in [2.45, 2.75) is 0 Å². The van der Waals surface area contributed by atoms with Crippen molar-refractivity contribution in [3.8, 4) is 39.9 Å². The summed E-state index contributed by atoms with van der Waals surface area (Å²) in [6, 6.07) is 59.1. The van der Waals surface area contributed by atoms with E-state index < -0.39 is 0 Å². The molecule has 0 amide bonds. The Morgan fingerprint density at radius 3 is 1.67 bits per heavy atom. The van der Waals surface area contributed by atoms with Gasteiger partial charge in [-0.15, -0.1) is 0 Å². The standard InChI is InChI=1S/C51H28N4O2/c1-2-9-31(10-3-1)49-52-50(54-51(53-49)37-14-8-18-43-46(37)36-13-4-5-15-40(36)56-43)34-20-19-33-28-35(24-21-32(33)27-34)55-38-25-22-29-11-6-16-41-44(29)47(38)48-39(55)26-23-30-12-7-17-42(57-41)45(30)48/h1-28H. The van der Waals surface area contributed by atoms with Gasteiger partial charge in [-0.25, -0.2) is 15.0 Å². The average Bonchev–Trinajstić information content (AvgIpc) is 3.77. The zero-order chi connectivity index (χ0) is 37.2. The summed E-state index contributed by atoms with van der Waals surface area (Å²) in [5.74, 6) is 1.83. The van der Waals surface area contributed by atoms with Crippen molar-refractivity contribution in [2.75, 3.05) is 0 Å². The fourth-order valence-electron chi connectivity index (χ4n) is 9.06. The Bertz CT molecular complexity index is 3660. The summed E-state index contributed by atoms with van der Waals surface area (Å²) in [6.07, 6.45) is 0. The van der Waals surface area contributed by atoms with Crippen LogP contribution in [0.2, 0.25) is 0 Å². The molecule has 0 radical (unpaired) electrons.